The predicted molar refractivity (Wildman–Crippen MR) is 70.5 cm³/mol. The minimum atomic E-state index is -0.302. The number of nitrogens with one attached hydrogen (secondary N) is 1. The summed E-state index contributed by atoms with van der Waals surface area (Å²) in [6.07, 6.45) is 0.786. The van der Waals surface area contributed by atoms with Gasteiger partial charge in [-0.3, -0.25) is 0 Å². The highest BCUT2D eigenvalue weighted by atomic mass is 35.5. The van der Waals surface area contributed by atoms with Crippen molar-refractivity contribution in [2.24, 2.45) is 5.41 Å². The van der Waals surface area contributed by atoms with Gasteiger partial charge >= 0.3 is 0 Å². The van der Waals surface area contributed by atoms with Crippen LogP contribution in [0.3, 0.4) is 0 Å². The van der Waals surface area contributed by atoms with E-state index in [1.807, 2.05) is 26.0 Å². The van der Waals surface area contributed by atoms with E-state index < -0.39 is 0 Å². The van der Waals surface area contributed by atoms with Crippen LogP contribution in [0.4, 0.5) is 5.69 Å². The molecule has 92 valence electrons. The van der Waals surface area contributed by atoms with Crippen molar-refractivity contribution in [3.8, 4) is 11.8 Å². The summed E-state index contributed by atoms with van der Waals surface area (Å²) in [5.74, 6) is 0.649. The first-order chi connectivity index (χ1) is 7.98. The number of hydrogen-bond acceptors (Lipinski definition) is 3. The first-order valence-corrected chi connectivity index (χ1v) is 5.85. The second-order valence-corrected chi connectivity index (χ2v) is 4.93. The maximum absolute atomic E-state index is 8.89. The lowest BCUT2D eigenvalue weighted by Gasteiger charge is -2.16. The van der Waals surface area contributed by atoms with Crippen molar-refractivity contribution < 1.29 is 4.74 Å². The first-order valence-electron chi connectivity index (χ1n) is 5.47. The monoisotopic (exact) mass is 252 g/mol. The Morgan fingerprint density at radius 1 is 1.47 bits per heavy atom. The van der Waals surface area contributed by atoms with E-state index in [0.29, 0.717) is 10.8 Å². The molecule has 0 aliphatic heterocycles. The highest BCUT2D eigenvalue weighted by Crippen LogP contribution is 2.27. The van der Waals surface area contributed by atoms with Crippen LogP contribution < -0.4 is 10.1 Å². The molecule has 1 aromatic rings. The normalized spacial score (nSPS) is 10.8. The second-order valence-electron chi connectivity index (χ2n) is 4.52. The third-order valence-corrected chi connectivity index (χ3v) is 2.85. The molecular formula is C13H17ClN2O. The molecule has 0 saturated carbocycles. The zero-order chi connectivity index (χ0) is 12.9. The minimum absolute atomic E-state index is 0.302. The van der Waals surface area contributed by atoms with E-state index >= 15 is 0 Å². The molecule has 0 amide bonds. The van der Waals surface area contributed by atoms with Crippen LogP contribution in [-0.4, -0.2) is 13.7 Å². The van der Waals surface area contributed by atoms with Gasteiger partial charge in [-0.25, -0.2) is 0 Å². The quantitative estimate of drug-likeness (QED) is 0.869. The van der Waals surface area contributed by atoms with Crippen LogP contribution in [0.1, 0.15) is 20.3 Å². The molecule has 17 heavy (non-hydrogen) atoms. The lowest BCUT2D eigenvalue weighted by molar-refractivity contribution is 0.415. The van der Waals surface area contributed by atoms with Gasteiger partial charge in [0.15, 0.2) is 0 Å². The third kappa shape index (κ3) is 4.16. The molecule has 3 nitrogen and oxygen atoms in total. The maximum atomic E-state index is 8.89. The van der Waals surface area contributed by atoms with Gasteiger partial charge in [0.05, 0.1) is 23.6 Å². The summed E-state index contributed by atoms with van der Waals surface area (Å²) in [4.78, 5) is 0. The third-order valence-electron chi connectivity index (χ3n) is 2.53. The fourth-order valence-electron chi connectivity index (χ4n) is 1.34. The molecule has 0 spiro atoms. The molecular weight excluding hydrogens is 236 g/mol. The minimum Gasteiger partial charge on any atom is -0.495 e. The van der Waals surface area contributed by atoms with E-state index in [4.69, 9.17) is 21.6 Å². The first kappa shape index (κ1) is 13.7. The maximum Gasteiger partial charge on any atom is 0.139 e. The number of benzene rings is 1. The molecule has 0 aliphatic rings. The Morgan fingerprint density at radius 2 is 2.18 bits per heavy atom. The zero-order valence-electron chi connectivity index (χ0n) is 10.4. The summed E-state index contributed by atoms with van der Waals surface area (Å²) in [6, 6.07) is 7.81. The number of methoxy groups -OCH3 is 1. The van der Waals surface area contributed by atoms with Gasteiger partial charge in [0.25, 0.3) is 0 Å². The SMILES string of the molecule is COc1cc(NCCC(C)(C)C#N)ccc1Cl. The van der Waals surface area contributed by atoms with Crippen LogP contribution in [0.15, 0.2) is 18.2 Å². The zero-order valence-corrected chi connectivity index (χ0v) is 11.1. The predicted octanol–water partition coefficient (Wildman–Crippen LogP) is 3.70. The fourth-order valence-corrected chi connectivity index (χ4v) is 1.54. The van der Waals surface area contributed by atoms with Crippen molar-refractivity contribution in [3.05, 3.63) is 23.2 Å². The van der Waals surface area contributed by atoms with Gasteiger partial charge in [-0.05, 0) is 32.4 Å². The molecule has 0 bridgehead atoms. The van der Waals surface area contributed by atoms with E-state index in [1.54, 1.807) is 13.2 Å². The summed E-state index contributed by atoms with van der Waals surface area (Å²) in [5, 5.41) is 12.7. The van der Waals surface area contributed by atoms with Crippen LogP contribution in [0, 0.1) is 16.7 Å². The molecule has 0 unspecified atom stereocenters. The standard InChI is InChI=1S/C13H17ClN2O/c1-13(2,9-15)6-7-16-10-4-5-11(14)12(8-10)17-3/h4-5,8,16H,6-7H2,1-3H3. The highest BCUT2D eigenvalue weighted by molar-refractivity contribution is 6.32. The summed E-state index contributed by atoms with van der Waals surface area (Å²) in [6.45, 7) is 4.60. The van der Waals surface area contributed by atoms with Crippen molar-refractivity contribution in [1.29, 1.82) is 5.26 Å². The van der Waals surface area contributed by atoms with Crippen molar-refractivity contribution >= 4 is 17.3 Å². The van der Waals surface area contributed by atoms with Crippen molar-refractivity contribution in [3.63, 3.8) is 0 Å². The number of rotatable bonds is 5. The van der Waals surface area contributed by atoms with Crippen LogP contribution >= 0.6 is 11.6 Å². The van der Waals surface area contributed by atoms with Crippen LogP contribution in [0.5, 0.6) is 5.75 Å². The summed E-state index contributed by atoms with van der Waals surface area (Å²) in [7, 11) is 1.59. The molecule has 1 rings (SSSR count). The summed E-state index contributed by atoms with van der Waals surface area (Å²) in [5.41, 5.74) is 0.642. The van der Waals surface area contributed by atoms with E-state index in [2.05, 4.69) is 11.4 Å². The number of hydrogen-bond donors (Lipinski definition) is 1. The Labute approximate surface area is 107 Å². The molecule has 0 saturated heterocycles. The highest BCUT2D eigenvalue weighted by Gasteiger charge is 2.15. The lowest BCUT2D eigenvalue weighted by atomic mass is 9.91. The average molecular weight is 253 g/mol. The fraction of sp³-hybridized carbons (Fsp3) is 0.462. The average Bonchev–Trinajstić information content (AvgIpc) is 2.31. The molecule has 0 aliphatic carbocycles. The number of anilines is 1. The molecule has 4 heteroatoms. The molecule has 0 heterocycles. The lowest BCUT2D eigenvalue weighted by Crippen LogP contribution is -2.14. The van der Waals surface area contributed by atoms with Gasteiger partial charge in [0.1, 0.15) is 5.75 Å². The van der Waals surface area contributed by atoms with Crippen LogP contribution in [-0.2, 0) is 0 Å². The Hall–Kier alpha value is -1.40. The topological polar surface area (TPSA) is 45.0 Å². The van der Waals surface area contributed by atoms with E-state index in [1.165, 1.54) is 0 Å². The second kappa shape index (κ2) is 5.79. The molecule has 1 N–H and O–H groups in total. The number of halogens is 1. The molecule has 1 aromatic carbocycles. The van der Waals surface area contributed by atoms with Gasteiger partial charge in [-0.15, -0.1) is 0 Å². The van der Waals surface area contributed by atoms with Gasteiger partial charge < -0.3 is 10.1 Å². The van der Waals surface area contributed by atoms with E-state index in [0.717, 1.165) is 18.7 Å². The number of nitrogens with zero attached hydrogens (tertiary/aromatic N) is 1. The van der Waals surface area contributed by atoms with Gasteiger partial charge in [0, 0.05) is 18.3 Å². The summed E-state index contributed by atoms with van der Waals surface area (Å²) >= 11 is 5.93. The Balaban J connectivity index is 2.56. The van der Waals surface area contributed by atoms with Crippen LogP contribution in [0.2, 0.25) is 5.02 Å². The van der Waals surface area contributed by atoms with Gasteiger partial charge in [-0.2, -0.15) is 5.26 Å². The van der Waals surface area contributed by atoms with Crippen LogP contribution in [0.25, 0.3) is 0 Å². The van der Waals surface area contributed by atoms with Crippen molar-refractivity contribution in [2.75, 3.05) is 19.0 Å². The molecule has 0 atom stereocenters. The Kier molecular flexibility index (Phi) is 4.65. The Morgan fingerprint density at radius 3 is 2.76 bits per heavy atom. The van der Waals surface area contributed by atoms with Crippen molar-refractivity contribution in [2.45, 2.75) is 20.3 Å². The van der Waals surface area contributed by atoms with Gasteiger partial charge in [0.2, 0.25) is 0 Å². The summed E-state index contributed by atoms with van der Waals surface area (Å²) < 4.78 is 5.13. The number of nitriles is 1. The Bertz CT molecular complexity index is 424. The van der Waals surface area contributed by atoms with E-state index in [-0.39, 0.29) is 5.41 Å². The van der Waals surface area contributed by atoms with Gasteiger partial charge in [-0.1, -0.05) is 11.6 Å². The van der Waals surface area contributed by atoms with Crippen molar-refractivity contribution in [1.82, 2.24) is 0 Å². The number of ether oxygens (including phenoxy) is 1. The largest absolute Gasteiger partial charge is 0.495 e. The molecule has 0 fully saturated rings. The molecule has 0 aromatic heterocycles. The smallest absolute Gasteiger partial charge is 0.139 e. The molecule has 0 radical (unpaired) electrons. The van der Waals surface area contributed by atoms with E-state index in [9.17, 15) is 0 Å².